The van der Waals surface area contributed by atoms with Crippen LogP contribution in [0.3, 0.4) is 0 Å². The molecule has 2 aromatic carbocycles. The van der Waals surface area contributed by atoms with Crippen molar-refractivity contribution < 1.29 is 17.9 Å². The molecule has 0 radical (unpaired) electrons. The van der Waals surface area contributed by atoms with Crippen LogP contribution in [0.15, 0.2) is 18.2 Å². The van der Waals surface area contributed by atoms with Gasteiger partial charge < -0.3 is 15.4 Å². The van der Waals surface area contributed by atoms with Gasteiger partial charge in [0.15, 0.2) is 5.82 Å². The molecule has 232 valence electrons. The second-order valence-corrected chi connectivity index (χ2v) is 13.6. The minimum absolute atomic E-state index is 0.0270. The lowest BCUT2D eigenvalue weighted by Gasteiger charge is -2.31. The number of alkyl halides is 1. The molecule has 0 spiro atoms. The van der Waals surface area contributed by atoms with Gasteiger partial charge in [0.05, 0.1) is 38.8 Å². The number of nitrogens with two attached hydrogens (primary N) is 1. The predicted molar refractivity (Wildman–Crippen MR) is 170 cm³/mol. The highest BCUT2D eigenvalue weighted by molar-refractivity contribution is 7.23. The van der Waals surface area contributed by atoms with Crippen LogP contribution in [0.2, 0.25) is 5.02 Å². The Morgan fingerprint density at radius 3 is 2.87 bits per heavy atom. The molecule has 0 unspecified atom stereocenters. The Labute approximate surface area is 267 Å². The quantitative estimate of drug-likeness (QED) is 0.221. The van der Waals surface area contributed by atoms with Gasteiger partial charge in [-0.05, 0) is 49.9 Å². The number of nitriles is 1. The Hall–Kier alpha value is -3.84. The summed E-state index contributed by atoms with van der Waals surface area (Å²) >= 11 is 7.73. The summed E-state index contributed by atoms with van der Waals surface area (Å²) in [5, 5.41) is 10.4. The average molecular weight is 652 g/mol. The highest BCUT2D eigenvalue weighted by atomic mass is 35.5. The number of ether oxygens (including phenoxy) is 1. The van der Waals surface area contributed by atoms with E-state index < -0.39 is 23.3 Å². The minimum atomic E-state index is -0.942. The molecule has 4 aromatic rings. The van der Waals surface area contributed by atoms with Crippen molar-refractivity contribution in [2.75, 3.05) is 43.4 Å². The summed E-state index contributed by atoms with van der Waals surface area (Å²) in [5.41, 5.74) is 5.73. The van der Waals surface area contributed by atoms with Gasteiger partial charge in [-0.25, -0.2) is 18.0 Å². The number of fused-ring (bicyclic) bond motifs is 3. The molecule has 2 aromatic heterocycles. The number of nitrogens with zero attached hydrogens (tertiary/aromatic N) is 6. The number of nitrogen functional groups attached to an aromatic ring is 1. The Kier molecular flexibility index (Phi) is 7.63. The summed E-state index contributed by atoms with van der Waals surface area (Å²) in [5.74, 6) is -1.20. The summed E-state index contributed by atoms with van der Waals surface area (Å²) in [4.78, 5) is 16.8. The number of aromatic nitrogens is 2. The smallest absolute Gasteiger partial charge is 0.319 e. The maximum absolute atomic E-state index is 16.9. The van der Waals surface area contributed by atoms with Crippen molar-refractivity contribution in [1.29, 1.82) is 5.26 Å². The molecule has 0 saturated carbocycles. The lowest BCUT2D eigenvalue weighted by molar-refractivity contribution is 0.107. The molecule has 5 heterocycles. The third-order valence-electron chi connectivity index (χ3n) is 9.40. The Morgan fingerprint density at radius 1 is 1.22 bits per heavy atom. The van der Waals surface area contributed by atoms with Crippen LogP contribution in [0.5, 0.6) is 6.01 Å². The van der Waals surface area contributed by atoms with E-state index in [1.54, 1.807) is 6.07 Å². The molecule has 45 heavy (non-hydrogen) atoms. The van der Waals surface area contributed by atoms with Gasteiger partial charge in [-0.15, -0.1) is 11.3 Å². The SMILES string of the molecule is [C-]#[N+]c1c(N)sc2c(F)ccc(-c3c(Cl)cc4c(N5CCCC[C@@H](C#N)C5)nc(OC[C@@]56CCCN5C[C@H](F)C6)nc4c3F)c12. The first-order valence-corrected chi connectivity index (χ1v) is 16.2. The molecular formula is C32H29ClF3N7OS. The maximum Gasteiger partial charge on any atom is 0.319 e. The zero-order valence-corrected chi connectivity index (χ0v) is 25.8. The largest absolute Gasteiger partial charge is 0.461 e. The number of benzene rings is 2. The number of thiophene rings is 1. The molecule has 3 fully saturated rings. The van der Waals surface area contributed by atoms with Crippen LogP contribution in [0.4, 0.5) is 29.7 Å². The lowest BCUT2D eigenvalue weighted by atomic mass is 9.95. The number of hydrogen-bond acceptors (Lipinski definition) is 8. The molecular weight excluding hydrogens is 623 g/mol. The van der Waals surface area contributed by atoms with E-state index >= 15 is 4.39 Å². The van der Waals surface area contributed by atoms with Crippen LogP contribution < -0.4 is 15.4 Å². The molecule has 2 N–H and O–H groups in total. The van der Waals surface area contributed by atoms with Crippen LogP contribution in [0.1, 0.15) is 38.5 Å². The van der Waals surface area contributed by atoms with E-state index in [1.165, 1.54) is 12.1 Å². The second kappa shape index (κ2) is 11.5. The molecule has 8 nitrogen and oxygen atoms in total. The first kappa shape index (κ1) is 29.8. The van der Waals surface area contributed by atoms with E-state index in [2.05, 4.69) is 20.8 Å². The van der Waals surface area contributed by atoms with Gasteiger partial charge in [0, 0.05) is 42.4 Å². The van der Waals surface area contributed by atoms with Crippen LogP contribution in [-0.2, 0) is 0 Å². The molecule has 13 heteroatoms. The van der Waals surface area contributed by atoms with Crippen LogP contribution in [0.25, 0.3) is 37.0 Å². The molecule has 3 aliphatic rings. The zero-order valence-electron chi connectivity index (χ0n) is 24.3. The van der Waals surface area contributed by atoms with Crippen molar-refractivity contribution in [2.24, 2.45) is 5.92 Å². The highest BCUT2D eigenvalue weighted by Gasteiger charge is 2.49. The summed E-state index contributed by atoms with van der Waals surface area (Å²) in [7, 11) is 0. The molecule has 0 aliphatic carbocycles. The number of halogens is 4. The highest BCUT2D eigenvalue weighted by Crippen LogP contribution is 2.49. The summed E-state index contributed by atoms with van der Waals surface area (Å²) in [6, 6.07) is 6.47. The second-order valence-electron chi connectivity index (χ2n) is 12.1. The first-order valence-electron chi connectivity index (χ1n) is 15.0. The fourth-order valence-electron chi connectivity index (χ4n) is 7.29. The lowest BCUT2D eigenvalue weighted by Crippen LogP contribution is -2.43. The summed E-state index contributed by atoms with van der Waals surface area (Å²) < 4.78 is 52.5. The summed E-state index contributed by atoms with van der Waals surface area (Å²) in [6.07, 6.45) is 3.56. The normalized spacial score (nSPS) is 23.6. The van der Waals surface area contributed by atoms with Crippen LogP contribution in [-0.4, -0.2) is 59.4 Å². The molecule has 0 amide bonds. The van der Waals surface area contributed by atoms with Gasteiger partial charge in [-0.2, -0.15) is 15.2 Å². The summed E-state index contributed by atoms with van der Waals surface area (Å²) in [6.45, 7) is 9.95. The van der Waals surface area contributed by atoms with Gasteiger partial charge in [0.2, 0.25) is 5.69 Å². The van der Waals surface area contributed by atoms with Crippen molar-refractivity contribution in [1.82, 2.24) is 14.9 Å². The first-order chi connectivity index (χ1) is 21.7. The Balaban J connectivity index is 1.40. The zero-order chi connectivity index (χ0) is 31.5. The number of rotatable bonds is 5. The van der Waals surface area contributed by atoms with Crippen LogP contribution >= 0.6 is 22.9 Å². The monoisotopic (exact) mass is 651 g/mol. The van der Waals surface area contributed by atoms with Gasteiger partial charge in [-0.3, -0.25) is 4.90 Å². The molecule has 3 atom stereocenters. The Morgan fingerprint density at radius 2 is 2.07 bits per heavy atom. The molecule has 0 bridgehead atoms. The van der Waals surface area contributed by atoms with E-state index in [-0.39, 0.29) is 61.0 Å². The van der Waals surface area contributed by atoms with E-state index in [1.807, 2.05) is 4.90 Å². The van der Waals surface area contributed by atoms with E-state index in [0.29, 0.717) is 37.3 Å². The fourth-order valence-corrected chi connectivity index (χ4v) is 8.53. The number of hydrogen-bond donors (Lipinski definition) is 1. The van der Waals surface area contributed by atoms with Crippen molar-refractivity contribution in [3.63, 3.8) is 0 Å². The number of anilines is 2. The van der Waals surface area contributed by atoms with Gasteiger partial charge in [0.25, 0.3) is 0 Å². The Bertz CT molecular complexity index is 1920. The van der Waals surface area contributed by atoms with E-state index in [0.717, 1.165) is 50.0 Å². The van der Waals surface area contributed by atoms with Crippen molar-refractivity contribution in [3.05, 3.63) is 46.3 Å². The molecule has 3 aliphatic heterocycles. The maximum atomic E-state index is 16.9. The average Bonchev–Trinajstić information content (AvgIpc) is 3.59. The predicted octanol–water partition coefficient (Wildman–Crippen LogP) is 7.66. The third-order valence-corrected chi connectivity index (χ3v) is 10.7. The van der Waals surface area contributed by atoms with Gasteiger partial charge >= 0.3 is 6.01 Å². The van der Waals surface area contributed by atoms with E-state index in [4.69, 9.17) is 33.6 Å². The topological polar surface area (TPSA) is 95.7 Å². The van der Waals surface area contributed by atoms with Gasteiger partial charge in [-0.1, -0.05) is 24.1 Å². The third kappa shape index (κ3) is 5.00. The van der Waals surface area contributed by atoms with Crippen molar-refractivity contribution in [2.45, 2.75) is 50.2 Å². The van der Waals surface area contributed by atoms with Gasteiger partial charge in [0.1, 0.15) is 29.9 Å². The standard InChI is InChI=1S/C32H29ClF3N7OS/c1-39-27-24-19(6-7-22(35)28(24)45-29(27)38)23-21(33)11-20-26(25(23)36)40-31(41-30(20)42-9-3-2-5-17(13-37)14-42)44-16-32-8-4-10-43(32)15-18(34)12-32/h6-7,11,17-18H,2-5,8-10,12,14-16,38H2/t17-,18+,32-/m0/s1. The molecule has 3 saturated heterocycles. The van der Waals surface area contributed by atoms with Crippen LogP contribution in [0, 0.1) is 35.5 Å². The van der Waals surface area contributed by atoms with Crippen molar-refractivity contribution >= 4 is 60.4 Å². The fraction of sp³-hybridized carbons (Fsp3) is 0.438. The van der Waals surface area contributed by atoms with Crippen molar-refractivity contribution in [3.8, 4) is 23.2 Å². The van der Waals surface area contributed by atoms with E-state index in [9.17, 15) is 14.0 Å². The molecule has 7 rings (SSSR count). The minimum Gasteiger partial charge on any atom is -0.461 e.